The number of benzene rings is 2. The van der Waals surface area contributed by atoms with Crippen LogP contribution in [0.3, 0.4) is 0 Å². The number of esters is 3. The second kappa shape index (κ2) is 15.6. The molecule has 1 unspecified atom stereocenters. The Balaban J connectivity index is 1.82. The molecule has 50 heavy (non-hydrogen) atoms. The van der Waals surface area contributed by atoms with Gasteiger partial charge in [0.1, 0.15) is 11.8 Å². The number of guanidine groups is 1. The number of nitrogens with zero attached hydrogens (tertiary/aromatic N) is 1. The summed E-state index contributed by atoms with van der Waals surface area (Å²) in [6, 6.07) is 7.36. The third-order valence-electron chi connectivity index (χ3n) is 6.68. The van der Waals surface area contributed by atoms with Crippen LogP contribution in [0.5, 0.6) is 5.75 Å². The molecule has 0 fully saturated rings. The largest absolute Gasteiger partial charge is 0.491 e. The van der Waals surface area contributed by atoms with Crippen LogP contribution >= 0.6 is 0 Å². The summed E-state index contributed by atoms with van der Waals surface area (Å²) >= 11 is 0. The number of anilines is 1. The molecular weight excluding hydrogens is 683 g/mol. The predicted molar refractivity (Wildman–Crippen MR) is 158 cm³/mol. The molecule has 2 aromatic carbocycles. The number of rotatable bonds is 14. The zero-order valence-electron chi connectivity index (χ0n) is 25.2. The van der Waals surface area contributed by atoms with Gasteiger partial charge < -0.3 is 46.0 Å². The van der Waals surface area contributed by atoms with Gasteiger partial charge in [0.25, 0.3) is 0 Å². The quantitative estimate of drug-likeness (QED) is 0.0476. The standard InChI is InChI=1S/C29H26F3N5O13/c30-29(31,32)26(47)49-22(41)10-18(23(42)43)36-20(38)8-4-13-3-7-16(48-24(44)14-1-5-15(6-2-14)35-27(33)34)9-17(13)19-11-28(25(45)46,50-37-19)12-21(39)40/h1-3,5-7,9,18H,4,8,10-12H2,(H,36,38)(H,39,40)(H,42,43)(H,45,46)(H4,33,34,35)/t18-,28?/m0/s1. The highest BCUT2D eigenvalue weighted by Gasteiger charge is 2.49. The third kappa shape index (κ3) is 10.2. The molecule has 1 heterocycles. The van der Waals surface area contributed by atoms with Gasteiger partial charge in [-0.3, -0.25) is 19.8 Å². The summed E-state index contributed by atoms with van der Waals surface area (Å²) in [5, 5.41) is 43.7. The first-order valence-electron chi connectivity index (χ1n) is 13.9. The second-order valence-electron chi connectivity index (χ2n) is 10.4. The molecule has 1 aliphatic rings. The highest BCUT2D eigenvalue weighted by Crippen LogP contribution is 2.33. The number of carboxylic acid groups (broad SMARTS) is 3. The number of carbonyl (C=O) groups excluding carboxylic acids is 4. The maximum atomic E-state index is 12.8. The lowest BCUT2D eigenvalue weighted by atomic mass is 9.88. The number of alkyl halides is 3. The summed E-state index contributed by atoms with van der Waals surface area (Å²) < 4.78 is 46.0. The van der Waals surface area contributed by atoms with Crippen molar-refractivity contribution < 1.29 is 76.4 Å². The molecule has 0 spiro atoms. The summed E-state index contributed by atoms with van der Waals surface area (Å²) in [4.78, 5) is 87.9. The van der Waals surface area contributed by atoms with Crippen LogP contribution in [0.1, 0.15) is 47.2 Å². The van der Waals surface area contributed by atoms with Crippen molar-refractivity contribution in [1.29, 1.82) is 5.41 Å². The maximum absolute atomic E-state index is 12.8. The Morgan fingerprint density at radius 2 is 1.70 bits per heavy atom. The van der Waals surface area contributed by atoms with Crippen molar-refractivity contribution in [3.63, 3.8) is 0 Å². The number of ether oxygens (including phenoxy) is 2. The fraction of sp³-hybridized carbons (Fsp3) is 0.276. The van der Waals surface area contributed by atoms with Crippen LogP contribution in [0.15, 0.2) is 47.6 Å². The topological polar surface area (TPSA) is 294 Å². The Bertz CT molecular complexity index is 1760. The van der Waals surface area contributed by atoms with Crippen molar-refractivity contribution in [3.05, 3.63) is 59.2 Å². The zero-order valence-corrected chi connectivity index (χ0v) is 25.2. The van der Waals surface area contributed by atoms with Gasteiger partial charge in [-0.2, -0.15) is 13.2 Å². The molecule has 18 nitrogen and oxygen atoms in total. The van der Waals surface area contributed by atoms with Gasteiger partial charge in [0, 0.05) is 24.1 Å². The minimum atomic E-state index is -5.53. The summed E-state index contributed by atoms with van der Waals surface area (Å²) in [6.07, 6.45) is -9.25. The Labute approximate surface area is 277 Å². The molecule has 2 aromatic rings. The molecule has 0 saturated heterocycles. The first-order chi connectivity index (χ1) is 23.3. The summed E-state index contributed by atoms with van der Waals surface area (Å²) in [5.74, 6) is -12.1. The Kier molecular flexibility index (Phi) is 11.8. The Hall–Kier alpha value is -6.54. The van der Waals surface area contributed by atoms with E-state index in [9.17, 15) is 62.1 Å². The first-order valence-corrected chi connectivity index (χ1v) is 13.9. The minimum Gasteiger partial charge on any atom is -0.481 e. The molecule has 21 heteroatoms. The van der Waals surface area contributed by atoms with Crippen LogP contribution in [0.25, 0.3) is 0 Å². The van der Waals surface area contributed by atoms with Crippen molar-refractivity contribution in [3.8, 4) is 5.75 Å². The van der Waals surface area contributed by atoms with Gasteiger partial charge in [0.15, 0.2) is 5.96 Å². The number of oxime groups is 1. The van der Waals surface area contributed by atoms with E-state index in [-0.39, 0.29) is 40.5 Å². The highest BCUT2D eigenvalue weighted by atomic mass is 19.4. The van der Waals surface area contributed by atoms with E-state index < -0.39 is 85.2 Å². The SMILES string of the molecule is N=C(N)Nc1ccc(C(=O)Oc2ccc(CCC(=O)N[C@@H](CC(=O)OC(=O)C(F)(F)F)C(=O)O)c(C3=NOC(CC(=O)O)(C(=O)O)C3)c2)cc1. The van der Waals surface area contributed by atoms with Crippen LogP contribution < -0.4 is 21.1 Å². The van der Waals surface area contributed by atoms with E-state index in [1.165, 1.54) is 42.5 Å². The molecule has 266 valence electrons. The van der Waals surface area contributed by atoms with Crippen LogP contribution in [0, 0.1) is 5.41 Å². The van der Waals surface area contributed by atoms with Crippen LogP contribution in [-0.2, 0) is 44.8 Å². The molecule has 0 aliphatic carbocycles. The lowest BCUT2D eigenvalue weighted by Crippen LogP contribution is -2.43. The molecule has 1 aliphatic heterocycles. The molecule has 1 amide bonds. The smallest absolute Gasteiger partial charge is 0.481 e. The van der Waals surface area contributed by atoms with Crippen molar-refractivity contribution in [2.45, 2.75) is 49.9 Å². The van der Waals surface area contributed by atoms with Gasteiger partial charge in [-0.15, -0.1) is 0 Å². The lowest BCUT2D eigenvalue weighted by molar-refractivity contribution is -0.202. The van der Waals surface area contributed by atoms with E-state index in [0.717, 1.165) is 0 Å². The van der Waals surface area contributed by atoms with E-state index in [1.807, 2.05) is 5.32 Å². The molecule has 3 rings (SSSR count). The fourth-order valence-electron chi connectivity index (χ4n) is 4.35. The molecular formula is C29H26F3N5O13. The van der Waals surface area contributed by atoms with Crippen molar-refractivity contribution in [1.82, 2.24) is 5.32 Å². The van der Waals surface area contributed by atoms with Crippen LogP contribution in [0.2, 0.25) is 0 Å². The Morgan fingerprint density at radius 3 is 2.26 bits per heavy atom. The van der Waals surface area contributed by atoms with E-state index in [0.29, 0.717) is 5.69 Å². The van der Waals surface area contributed by atoms with E-state index in [1.54, 1.807) is 0 Å². The molecule has 0 aromatic heterocycles. The number of aryl methyl sites for hydroxylation is 1. The third-order valence-corrected chi connectivity index (χ3v) is 6.68. The number of nitrogens with two attached hydrogens (primary N) is 1. The number of nitrogens with one attached hydrogen (secondary N) is 3. The normalized spacial score (nSPS) is 15.8. The van der Waals surface area contributed by atoms with E-state index in [2.05, 4.69) is 15.2 Å². The average Bonchev–Trinajstić information content (AvgIpc) is 3.44. The number of aliphatic carboxylic acids is 3. The summed E-state index contributed by atoms with van der Waals surface area (Å²) in [6.45, 7) is 0. The van der Waals surface area contributed by atoms with E-state index in [4.69, 9.17) is 20.7 Å². The minimum absolute atomic E-state index is 0.0432. The number of amides is 1. The molecule has 0 bridgehead atoms. The summed E-state index contributed by atoms with van der Waals surface area (Å²) in [7, 11) is 0. The molecule has 0 radical (unpaired) electrons. The zero-order chi connectivity index (χ0) is 37.4. The summed E-state index contributed by atoms with van der Waals surface area (Å²) in [5.41, 5.74) is 3.55. The van der Waals surface area contributed by atoms with E-state index >= 15 is 0 Å². The van der Waals surface area contributed by atoms with Gasteiger partial charge in [-0.25, -0.2) is 19.2 Å². The number of halogens is 3. The first kappa shape index (κ1) is 37.9. The number of hydrogen-bond donors (Lipinski definition) is 7. The van der Waals surface area contributed by atoms with Crippen LogP contribution in [-0.4, -0.2) is 86.5 Å². The van der Waals surface area contributed by atoms with Gasteiger partial charge >= 0.3 is 42.0 Å². The average molecular weight is 710 g/mol. The van der Waals surface area contributed by atoms with Gasteiger partial charge in [0.2, 0.25) is 11.5 Å². The second-order valence-corrected chi connectivity index (χ2v) is 10.4. The monoisotopic (exact) mass is 709 g/mol. The molecule has 2 atom stereocenters. The van der Waals surface area contributed by atoms with Crippen molar-refractivity contribution in [2.75, 3.05) is 5.32 Å². The van der Waals surface area contributed by atoms with Gasteiger partial charge in [-0.1, -0.05) is 11.2 Å². The molecule has 8 N–H and O–H groups in total. The Morgan fingerprint density at radius 1 is 1.04 bits per heavy atom. The highest BCUT2D eigenvalue weighted by molar-refractivity contribution is 6.07. The van der Waals surface area contributed by atoms with Crippen molar-refractivity contribution in [2.24, 2.45) is 10.9 Å². The molecule has 0 saturated carbocycles. The van der Waals surface area contributed by atoms with Crippen LogP contribution in [0.4, 0.5) is 18.9 Å². The lowest BCUT2D eigenvalue weighted by Gasteiger charge is -2.19. The number of hydrogen-bond acceptors (Lipinski definition) is 12. The maximum Gasteiger partial charge on any atom is 0.491 e. The predicted octanol–water partition coefficient (Wildman–Crippen LogP) is 1.16. The fourth-order valence-corrected chi connectivity index (χ4v) is 4.35. The van der Waals surface area contributed by atoms with Crippen molar-refractivity contribution >= 4 is 59.1 Å². The van der Waals surface area contributed by atoms with Gasteiger partial charge in [0.05, 0.1) is 24.1 Å². The van der Waals surface area contributed by atoms with Gasteiger partial charge in [-0.05, 0) is 48.4 Å². The number of carbonyl (C=O) groups is 7. The number of carboxylic acids is 3.